The largest absolute Gasteiger partial charge is 0.329 e. The van der Waals surface area contributed by atoms with E-state index in [0.29, 0.717) is 12.1 Å². The standard InChI is InChI=1S/C13H22N2S/c1-3-12-5-4-10(2)15(12)13(8-14)11-6-7-16-9-11/h6-7,9-10,12-13H,3-5,8,14H2,1-2H3. The number of hydrogen-bond acceptors (Lipinski definition) is 3. The van der Waals surface area contributed by atoms with Crippen LogP contribution in [0.5, 0.6) is 0 Å². The molecule has 1 aromatic rings. The van der Waals surface area contributed by atoms with E-state index in [9.17, 15) is 0 Å². The number of thiophene rings is 1. The average molecular weight is 238 g/mol. The Balaban J connectivity index is 2.19. The van der Waals surface area contributed by atoms with Gasteiger partial charge in [-0.25, -0.2) is 0 Å². The number of rotatable bonds is 4. The maximum absolute atomic E-state index is 5.99. The van der Waals surface area contributed by atoms with Gasteiger partial charge in [-0.2, -0.15) is 11.3 Å². The van der Waals surface area contributed by atoms with Crippen LogP contribution in [0, 0.1) is 0 Å². The van der Waals surface area contributed by atoms with Crippen molar-refractivity contribution in [1.29, 1.82) is 0 Å². The lowest BCUT2D eigenvalue weighted by molar-refractivity contribution is 0.137. The van der Waals surface area contributed by atoms with Crippen molar-refractivity contribution < 1.29 is 0 Å². The predicted molar refractivity (Wildman–Crippen MR) is 70.7 cm³/mol. The molecule has 3 atom stereocenters. The molecule has 0 radical (unpaired) electrons. The van der Waals surface area contributed by atoms with Crippen LogP contribution in [0.25, 0.3) is 0 Å². The van der Waals surface area contributed by atoms with Crippen molar-refractivity contribution in [3.63, 3.8) is 0 Å². The molecule has 16 heavy (non-hydrogen) atoms. The third-order valence-corrected chi connectivity index (χ3v) is 4.53. The van der Waals surface area contributed by atoms with E-state index in [0.717, 1.165) is 12.6 Å². The lowest BCUT2D eigenvalue weighted by Crippen LogP contribution is -2.40. The zero-order valence-electron chi connectivity index (χ0n) is 10.2. The molecule has 2 heterocycles. The molecule has 2 rings (SSSR count). The summed E-state index contributed by atoms with van der Waals surface area (Å²) in [4.78, 5) is 2.64. The fourth-order valence-corrected chi connectivity index (χ4v) is 3.67. The number of hydrogen-bond donors (Lipinski definition) is 1. The molecule has 1 aromatic heterocycles. The quantitative estimate of drug-likeness (QED) is 0.873. The SMILES string of the molecule is CCC1CCC(C)N1C(CN)c1ccsc1. The first-order valence-electron chi connectivity index (χ1n) is 6.27. The number of likely N-dealkylation sites (tertiary alicyclic amines) is 1. The minimum atomic E-state index is 0.425. The van der Waals surface area contributed by atoms with Gasteiger partial charge < -0.3 is 5.73 Å². The Morgan fingerprint density at radius 3 is 2.94 bits per heavy atom. The minimum Gasteiger partial charge on any atom is -0.329 e. The van der Waals surface area contributed by atoms with Gasteiger partial charge in [0.1, 0.15) is 0 Å². The summed E-state index contributed by atoms with van der Waals surface area (Å²) < 4.78 is 0. The summed E-state index contributed by atoms with van der Waals surface area (Å²) >= 11 is 1.77. The van der Waals surface area contributed by atoms with Gasteiger partial charge in [0.05, 0.1) is 0 Å². The molecule has 0 aliphatic carbocycles. The molecule has 1 saturated heterocycles. The summed E-state index contributed by atoms with van der Waals surface area (Å²) in [6.07, 6.45) is 3.89. The highest BCUT2D eigenvalue weighted by atomic mass is 32.1. The second-order valence-corrected chi connectivity index (χ2v) is 5.52. The van der Waals surface area contributed by atoms with Crippen LogP contribution in [-0.2, 0) is 0 Å². The first-order valence-corrected chi connectivity index (χ1v) is 7.21. The predicted octanol–water partition coefficient (Wildman–Crippen LogP) is 3.01. The van der Waals surface area contributed by atoms with Crippen molar-refractivity contribution in [2.75, 3.05) is 6.54 Å². The molecule has 0 saturated carbocycles. The molecule has 0 amide bonds. The molecule has 1 aliphatic rings. The highest BCUT2D eigenvalue weighted by Crippen LogP contribution is 2.35. The van der Waals surface area contributed by atoms with E-state index in [2.05, 4.69) is 35.6 Å². The lowest BCUT2D eigenvalue weighted by Gasteiger charge is -2.35. The van der Waals surface area contributed by atoms with Gasteiger partial charge in [0, 0.05) is 24.7 Å². The average Bonchev–Trinajstić information content (AvgIpc) is 2.91. The van der Waals surface area contributed by atoms with E-state index in [4.69, 9.17) is 5.73 Å². The van der Waals surface area contributed by atoms with E-state index in [1.807, 2.05) is 0 Å². The molecule has 2 N–H and O–H groups in total. The Hall–Kier alpha value is -0.380. The van der Waals surface area contributed by atoms with Crippen molar-refractivity contribution in [2.24, 2.45) is 5.73 Å². The van der Waals surface area contributed by atoms with Crippen LogP contribution in [-0.4, -0.2) is 23.5 Å². The number of nitrogens with zero attached hydrogens (tertiary/aromatic N) is 1. The van der Waals surface area contributed by atoms with E-state index < -0.39 is 0 Å². The van der Waals surface area contributed by atoms with Crippen LogP contribution in [0.4, 0.5) is 0 Å². The van der Waals surface area contributed by atoms with Gasteiger partial charge in [-0.15, -0.1) is 0 Å². The summed E-state index contributed by atoms with van der Waals surface area (Å²) in [6, 6.07) is 4.05. The third-order valence-electron chi connectivity index (χ3n) is 3.83. The fourth-order valence-electron chi connectivity index (χ4n) is 2.96. The topological polar surface area (TPSA) is 29.3 Å². The van der Waals surface area contributed by atoms with Gasteiger partial charge >= 0.3 is 0 Å². The van der Waals surface area contributed by atoms with Crippen molar-refractivity contribution in [2.45, 2.75) is 51.2 Å². The molecule has 0 aromatic carbocycles. The monoisotopic (exact) mass is 238 g/mol. The summed E-state index contributed by atoms with van der Waals surface area (Å²) in [5.41, 5.74) is 7.39. The number of nitrogens with two attached hydrogens (primary N) is 1. The maximum atomic E-state index is 5.99. The molecule has 0 bridgehead atoms. The van der Waals surface area contributed by atoms with Crippen molar-refractivity contribution in [1.82, 2.24) is 4.90 Å². The Bertz CT molecular complexity index is 310. The van der Waals surface area contributed by atoms with Crippen LogP contribution in [0.3, 0.4) is 0 Å². The molecule has 0 spiro atoms. The molecule has 1 aliphatic heterocycles. The Morgan fingerprint density at radius 1 is 1.56 bits per heavy atom. The van der Waals surface area contributed by atoms with E-state index in [-0.39, 0.29) is 0 Å². The third kappa shape index (κ3) is 2.17. The first kappa shape index (κ1) is 12.1. The summed E-state index contributed by atoms with van der Waals surface area (Å²) in [7, 11) is 0. The zero-order chi connectivity index (χ0) is 11.5. The molecular formula is C13H22N2S. The summed E-state index contributed by atoms with van der Waals surface area (Å²) in [5, 5.41) is 4.40. The van der Waals surface area contributed by atoms with Gasteiger partial charge in [0.2, 0.25) is 0 Å². The second kappa shape index (κ2) is 5.30. The van der Waals surface area contributed by atoms with Gasteiger partial charge in [-0.1, -0.05) is 6.92 Å². The molecule has 3 unspecified atom stereocenters. The smallest absolute Gasteiger partial charge is 0.0484 e. The Labute approximate surface area is 102 Å². The van der Waals surface area contributed by atoms with Crippen LogP contribution >= 0.6 is 11.3 Å². The Morgan fingerprint density at radius 2 is 2.38 bits per heavy atom. The van der Waals surface area contributed by atoms with Crippen LogP contribution < -0.4 is 5.73 Å². The second-order valence-electron chi connectivity index (χ2n) is 4.74. The van der Waals surface area contributed by atoms with Crippen LogP contribution in [0.1, 0.15) is 44.7 Å². The summed E-state index contributed by atoms with van der Waals surface area (Å²) in [5.74, 6) is 0. The minimum absolute atomic E-state index is 0.425. The normalized spacial score (nSPS) is 28.4. The van der Waals surface area contributed by atoms with E-state index in [1.54, 1.807) is 11.3 Å². The van der Waals surface area contributed by atoms with Gasteiger partial charge in [-0.05, 0) is 48.6 Å². The van der Waals surface area contributed by atoms with Crippen molar-refractivity contribution in [3.8, 4) is 0 Å². The lowest BCUT2D eigenvalue weighted by atomic mass is 10.1. The summed E-state index contributed by atoms with van der Waals surface area (Å²) in [6.45, 7) is 5.36. The van der Waals surface area contributed by atoms with E-state index in [1.165, 1.54) is 24.8 Å². The molecule has 90 valence electrons. The molecule has 2 nitrogen and oxygen atoms in total. The maximum Gasteiger partial charge on any atom is 0.0484 e. The highest BCUT2D eigenvalue weighted by molar-refractivity contribution is 7.07. The fraction of sp³-hybridized carbons (Fsp3) is 0.692. The first-order chi connectivity index (χ1) is 7.77. The van der Waals surface area contributed by atoms with Gasteiger partial charge in [0.25, 0.3) is 0 Å². The van der Waals surface area contributed by atoms with Crippen LogP contribution in [0.2, 0.25) is 0 Å². The molecule has 1 fully saturated rings. The zero-order valence-corrected chi connectivity index (χ0v) is 11.0. The van der Waals surface area contributed by atoms with Crippen LogP contribution in [0.15, 0.2) is 16.8 Å². The molecule has 3 heteroatoms. The van der Waals surface area contributed by atoms with E-state index >= 15 is 0 Å². The van der Waals surface area contributed by atoms with Crippen molar-refractivity contribution in [3.05, 3.63) is 22.4 Å². The van der Waals surface area contributed by atoms with Crippen molar-refractivity contribution >= 4 is 11.3 Å². The van der Waals surface area contributed by atoms with Gasteiger partial charge in [0.15, 0.2) is 0 Å². The highest BCUT2D eigenvalue weighted by Gasteiger charge is 2.34. The Kier molecular flexibility index (Phi) is 4.00. The molecular weight excluding hydrogens is 216 g/mol. The van der Waals surface area contributed by atoms with Gasteiger partial charge in [-0.3, -0.25) is 4.90 Å².